The van der Waals surface area contributed by atoms with Crippen LogP contribution in [-0.4, -0.2) is 11.6 Å². The quantitative estimate of drug-likeness (QED) is 0.604. The molecular weight excluding hydrogens is 280 g/mol. The molecule has 3 heteroatoms. The lowest BCUT2D eigenvalue weighted by molar-refractivity contribution is -0.148. The third-order valence-corrected chi connectivity index (χ3v) is 2.51. The number of carbonyl (C=O) groups is 1. The molecule has 2 nitrogen and oxygen atoms in total. The Labute approximate surface area is 111 Å². The fourth-order valence-electron chi connectivity index (χ4n) is 1.33. The molecule has 0 aliphatic rings. The van der Waals surface area contributed by atoms with E-state index in [4.69, 9.17) is 4.74 Å². The summed E-state index contributed by atoms with van der Waals surface area (Å²) in [5.74, 6) is -0.310. The first-order valence-electron chi connectivity index (χ1n) is 5.45. The number of benzene rings is 1. The Hall–Kier alpha value is -1.09. The van der Waals surface area contributed by atoms with Crippen molar-refractivity contribution in [3.63, 3.8) is 0 Å². The standard InChI is InChI=1S/C14H17BrO2/c1-10(8-13(16)17-14(2,3)4)11-6-5-7-12(15)9-11/h5-9H,1-4H3/b10-8-. The van der Waals surface area contributed by atoms with E-state index in [-0.39, 0.29) is 5.97 Å². The molecule has 92 valence electrons. The first-order chi connectivity index (χ1) is 7.78. The predicted molar refractivity (Wildman–Crippen MR) is 73.6 cm³/mol. The molecule has 1 aromatic rings. The first-order valence-corrected chi connectivity index (χ1v) is 6.24. The van der Waals surface area contributed by atoms with Gasteiger partial charge in [-0.05, 0) is 51.0 Å². The second-order valence-electron chi connectivity index (χ2n) is 4.87. The van der Waals surface area contributed by atoms with Crippen molar-refractivity contribution < 1.29 is 9.53 Å². The van der Waals surface area contributed by atoms with Gasteiger partial charge in [-0.3, -0.25) is 0 Å². The monoisotopic (exact) mass is 296 g/mol. The summed E-state index contributed by atoms with van der Waals surface area (Å²) in [4.78, 5) is 11.6. The van der Waals surface area contributed by atoms with Crippen LogP contribution in [0.25, 0.3) is 5.57 Å². The molecule has 0 spiro atoms. The smallest absolute Gasteiger partial charge is 0.331 e. The summed E-state index contributed by atoms with van der Waals surface area (Å²) in [5.41, 5.74) is 1.44. The number of hydrogen-bond donors (Lipinski definition) is 0. The van der Waals surface area contributed by atoms with Crippen LogP contribution < -0.4 is 0 Å². The fraction of sp³-hybridized carbons (Fsp3) is 0.357. The number of halogens is 1. The van der Waals surface area contributed by atoms with Crippen LogP contribution in [0.3, 0.4) is 0 Å². The van der Waals surface area contributed by atoms with Crippen LogP contribution in [0.2, 0.25) is 0 Å². The van der Waals surface area contributed by atoms with Gasteiger partial charge in [-0.1, -0.05) is 28.1 Å². The number of allylic oxidation sites excluding steroid dienone is 1. The fourth-order valence-corrected chi connectivity index (χ4v) is 1.72. The van der Waals surface area contributed by atoms with Crippen molar-refractivity contribution in [1.82, 2.24) is 0 Å². The predicted octanol–water partition coefficient (Wildman–Crippen LogP) is 4.19. The minimum absolute atomic E-state index is 0.310. The average Bonchev–Trinajstić information content (AvgIpc) is 2.14. The Balaban J connectivity index is 2.83. The SMILES string of the molecule is C/C(=C/C(=O)OC(C)(C)C)c1cccc(Br)c1. The van der Waals surface area contributed by atoms with Crippen molar-refractivity contribution in [3.8, 4) is 0 Å². The minimum Gasteiger partial charge on any atom is -0.457 e. The van der Waals surface area contributed by atoms with Gasteiger partial charge in [0.25, 0.3) is 0 Å². The lowest BCUT2D eigenvalue weighted by atomic mass is 10.1. The maximum absolute atomic E-state index is 11.6. The van der Waals surface area contributed by atoms with Crippen LogP contribution in [0.4, 0.5) is 0 Å². The molecule has 0 saturated carbocycles. The van der Waals surface area contributed by atoms with Gasteiger partial charge in [0.15, 0.2) is 0 Å². The molecule has 0 heterocycles. The molecule has 0 bridgehead atoms. The highest BCUT2D eigenvalue weighted by Crippen LogP contribution is 2.19. The molecule has 0 radical (unpaired) electrons. The van der Waals surface area contributed by atoms with E-state index in [0.29, 0.717) is 0 Å². The zero-order valence-corrected chi connectivity index (χ0v) is 12.2. The summed E-state index contributed by atoms with van der Waals surface area (Å²) in [6, 6.07) is 7.81. The maximum atomic E-state index is 11.6. The van der Waals surface area contributed by atoms with Crippen molar-refractivity contribution in [1.29, 1.82) is 0 Å². The largest absolute Gasteiger partial charge is 0.457 e. The van der Waals surface area contributed by atoms with Gasteiger partial charge in [-0.25, -0.2) is 4.79 Å². The van der Waals surface area contributed by atoms with Gasteiger partial charge in [-0.15, -0.1) is 0 Å². The van der Waals surface area contributed by atoms with Crippen molar-refractivity contribution in [3.05, 3.63) is 40.4 Å². The van der Waals surface area contributed by atoms with Gasteiger partial charge in [0.2, 0.25) is 0 Å². The van der Waals surface area contributed by atoms with Crippen molar-refractivity contribution in [2.24, 2.45) is 0 Å². The van der Waals surface area contributed by atoms with E-state index in [9.17, 15) is 4.79 Å². The molecule has 0 amide bonds. The number of ether oxygens (including phenoxy) is 1. The van der Waals surface area contributed by atoms with E-state index in [1.807, 2.05) is 52.0 Å². The third-order valence-electron chi connectivity index (χ3n) is 2.02. The molecule has 0 unspecified atom stereocenters. The summed E-state index contributed by atoms with van der Waals surface area (Å²) in [5, 5.41) is 0. The minimum atomic E-state index is -0.453. The number of rotatable bonds is 2. The molecule has 0 fully saturated rings. The number of hydrogen-bond acceptors (Lipinski definition) is 2. The van der Waals surface area contributed by atoms with Gasteiger partial charge in [0.05, 0.1) is 0 Å². The molecule has 1 aromatic carbocycles. The van der Waals surface area contributed by atoms with E-state index >= 15 is 0 Å². The lowest BCUT2D eigenvalue weighted by Gasteiger charge is -2.18. The maximum Gasteiger partial charge on any atom is 0.331 e. The molecular formula is C14H17BrO2. The summed E-state index contributed by atoms with van der Waals surface area (Å²) < 4.78 is 6.23. The number of esters is 1. The topological polar surface area (TPSA) is 26.3 Å². The molecule has 0 aromatic heterocycles. The van der Waals surface area contributed by atoms with Gasteiger partial charge in [0.1, 0.15) is 5.60 Å². The van der Waals surface area contributed by atoms with E-state index in [1.54, 1.807) is 0 Å². The van der Waals surface area contributed by atoms with E-state index < -0.39 is 5.60 Å². The van der Waals surface area contributed by atoms with Gasteiger partial charge < -0.3 is 4.74 Å². The first kappa shape index (κ1) is 14.0. The van der Waals surface area contributed by atoms with E-state index in [1.165, 1.54) is 6.08 Å². The Morgan fingerprint density at radius 3 is 2.53 bits per heavy atom. The summed E-state index contributed by atoms with van der Waals surface area (Å²) in [7, 11) is 0. The van der Waals surface area contributed by atoms with Gasteiger partial charge >= 0.3 is 5.97 Å². The normalized spacial score (nSPS) is 12.4. The molecule has 0 saturated heterocycles. The second kappa shape index (κ2) is 5.50. The average molecular weight is 297 g/mol. The van der Waals surface area contributed by atoms with Crippen molar-refractivity contribution in [2.75, 3.05) is 0 Å². The van der Waals surface area contributed by atoms with Crippen LogP contribution in [0.5, 0.6) is 0 Å². The second-order valence-corrected chi connectivity index (χ2v) is 5.79. The summed E-state index contributed by atoms with van der Waals surface area (Å²) in [6.07, 6.45) is 1.52. The van der Waals surface area contributed by atoms with Crippen LogP contribution in [0.15, 0.2) is 34.8 Å². The molecule has 1 rings (SSSR count). The van der Waals surface area contributed by atoms with Crippen molar-refractivity contribution in [2.45, 2.75) is 33.3 Å². The van der Waals surface area contributed by atoms with Gasteiger partial charge in [-0.2, -0.15) is 0 Å². The molecule has 0 aliphatic heterocycles. The zero-order chi connectivity index (χ0) is 13.1. The van der Waals surface area contributed by atoms with Crippen molar-refractivity contribution >= 4 is 27.5 Å². The summed E-state index contributed by atoms with van der Waals surface area (Å²) in [6.45, 7) is 7.46. The summed E-state index contributed by atoms with van der Waals surface area (Å²) >= 11 is 3.40. The van der Waals surface area contributed by atoms with E-state index in [2.05, 4.69) is 15.9 Å². The van der Waals surface area contributed by atoms with Crippen LogP contribution in [0, 0.1) is 0 Å². The van der Waals surface area contributed by atoms with E-state index in [0.717, 1.165) is 15.6 Å². The Morgan fingerprint density at radius 1 is 1.35 bits per heavy atom. The molecule has 0 atom stereocenters. The molecule has 0 aliphatic carbocycles. The van der Waals surface area contributed by atoms with Crippen LogP contribution in [-0.2, 0) is 9.53 Å². The zero-order valence-electron chi connectivity index (χ0n) is 10.6. The molecule has 17 heavy (non-hydrogen) atoms. The highest BCUT2D eigenvalue weighted by molar-refractivity contribution is 9.10. The Kier molecular flexibility index (Phi) is 4.52. The Morgan fingerprint density at radius 2 is 2.00 bits per heavy atom. The number of carbonyl (C=O) groups excluding carboxylic acids is 1. The third kappa shape index (κ3) is 5.18. The lowest BCUT2D eigenvalue weighted by Crippen LogP contribution is -2.22. The highest BCUT2D eigenvalue weighted by Gasteiger charge is 2.14. The highest BCUT2D eigenvalue weighted by atomic mass is 79.9. The van der Waals surface area contributed by atoms with Crippen LogP contribution in [0.1, 0.15) is 33.3 Å². The van der Waals surface area contributed by atoms with Gasteiger partial charge in [0, 0.05) is 10.5 Å². The molecule has 0 N–H and O–H groups in total. The van der Waals surface area contributed by atoms with Crippen LogP contribution >= 0.6 is 15.9 Å². The Bertz CT molecular complexity index is 442.